The van der Waals surface area contributed by atoms with Gasteiger partial charge < -0.3 is 10.6 Å². The predicted molar refractivity (Wildman–Crippen MR) is 69.8 cm³/mol. The Bertz CT molecular complexity index is 471. The Hall–Kier alpha value is -1.63. The number of rotatable bonds is 4. The van der Waals surface area contributed by atoms with Crippen LogP contribution in [0.4, 0.5) is 13.2 Å². The molecule has 19 heavy (non-hydrogen) atoms. The van der Waals surface area contributed by atoms with Crippen LogP contribution in [0.2, 0.25) is 0 Å². The largest absolute Gasteiger partial charge is 0.416 e. The summed E-state index contributed by atoms with van der Waals surface area (Å²) >= 11 is 4.69. The van der Waals surface area contributed by atoms with Gasteiger partial charge in [-0.1, -0.05) is 12.2 Å². The van der Waals surface area contributed by atoms with Crippen molar-refractivity contribution in [2.45, 2.75) is 12.6 Å². The zero-order valence-corrected chi connectivity index (χ0v) is 11.0. The van der Waals surface area contributed by atoms with Gasteiger partial charge in [-0.25, -0.2) is 0 Å². The van der Waals surface area contributed by atoms with Crippen LogP contribution in [0, 0.1) is 0 Å². The molecule has 1 aromatic carbocycles. The summed E-state index contributed by atoms with van der Waals surface area (Å²) in [5.41, 5.74) is 4.73. The van der Waals surface area contributed by atoms with Crippen molar-refractivity contribution in [1.29, 1.82) is 0 Å². The van der Waals surface area contributed by atoms with Gasteiger partial charge in [-0.05, 0) is 24.3 Å². The topological polar surface area (TPSA) is 46.3 Å². The van der Waals surface area contributed by atoms with Gasteiger partial charge in [0.1, 0.15) is 0 Å². The molecule has 1 amide bonds. The molecule has 0 fully saturated rings. The highest BCUT2D eigenvalue weighted by Gasteiger charge is 2.30. The first-order chi connectivity index (χ1) is 8.71. The number of carbonyl (C=O) groups is 1. The maximum Gasteiger partial charge on any atom is 0.416 e. The number of nitrogens with two attached hydrogens (primary N) is 1. The van der Waals surface area contributed by atoms with Crippen molar-refractivity contribution in [2.75, 3.05) is 13.6 Å². The molecule has 0 aliphatic rings. The summed E-state index contributed by atoms with van der Waals surface area (Å²) in [7, 11) is 1.54. The molecule has 7 heteroatoms. The molecule has 0 aromatic heterocycles. The van der Waals surface area contributed by atoms with E-state index in [1.54, 1.807) is 0 Å². The van der Waals surface area contributed by atoms with E-state index in [4.69, 9.17) is 18.0 Å². The molecule has 0 aliphatic carbocycles. The summed E-state index contributed by atoms with van der Waals surface area (Å²) in [6, 6.07) is 4.08. The Labute approximate surface area is 114 Å². The zero-order chi connectivity index (χ0) is 14.6. The van der Waals surface area contributed by atoms with E-state index < -0.39 is 11.7 Å². The summed E-state index contributed by atoms with van der Waals surface area (Å²) in [5.74, 6) is -0.370. The number of alkyl halides is 3. The summed E-state index contributed by atoms with van der Waals surface area (Å²) < 4.78 is 37.1. The van der Waals surface area contributed by atoms with Crippen LogP contribution in [-0.4, -0.2) is 29.4 Å². The van der Waals surface area contributed by atoms with E-state index in [-0.39, 0.29) is 16.5 Å². The highest BCUT2D eigenvalue weighted by atomic mass is 32.1. The molecule has 0 heterocycles. The van der Waals surface area contributed by atoms with Crippen molar-refractivity contribution in [3.05, 3.63) is 35.4 Å². The number of hydrogen-bond donors (Lipinski definition) is 1. The standard InChI is InChI=1S/C12H13F3N2OS/c1-17(7-6-10(16)19)11(18)8-2-4-9(5-3-8)12(13,14)15/h2-5H,6-7H2,1H3,(H2,16,19). The van der Waals surface area contributed by atoms with Crippen LogP contribution in [0.15, 0.2) is 24.3 Å². The number of halogens is 3. The second-order valence-corrected chi connectivity index (χ2v) is 4.54. The zero-order valence-electron chi connectivity index (χ0n) is 10.2. The van der Waals surface area contributed by atoms with Crippen LogP contribution in [0.25, 0.3) is 0 Å². The van der Waals surface area contributed by atoms with Crippen molar-refractivity contribution in [2.24, 2.45) is 5.73 Å². The molecule has 0 bridgehead atoms. The van der Waals surface area contributed by atoms with Crippen LogP contribution in [0.3, 0.4) is 0 Å². The first-order valence-electron chi connectivity index (χ1n) is 5.43. The lowest BCUT2D eigenvalue weighted by Crippen LogP contribution is -2.30. The number of benzene rings is 1. The van der Waals surface area contributed by atoms with E-state index in [9.17, 15) is 18.0 Å². The fourth-order valence-electron chi connectivity index (χ4n) is 1.40. The van der Waals surface area contributed by atoms with Gasteiger partial charge in [-0.3, -0.25) is 4.79 Å². The highest BCUT2D eigenvalue weighted by Crippen LogP contribution is 2.29. The second-order valence-electron chi connectivity index (χ2n) is 4.02. The minimum atomic E-state index is -4.40. The maximum absolute atomic E-state index is 12.4. The third-order valence-electron chi connectivity index (χ3n) is 2.50. The molecule has 0 saturated heterocycles. The smallest absolute Gasteiger partial charge is 0.393 e. The van der Waals surface area contributed by atoms with Crippen molar-refractivity contribution in [3.8, 4) is 0 Å². The lowest BCUT2D eigenvalue weighted by Gasteiger charge is -2.17. The Morgan fingerprint density at radius 1 is 1.32 bits per heavy atom. The molecule has 0 saturated carbocycles. The second kappa shape index (κ2) is 6.01. The molecular formula is C12H13F3N2OS. The monoisotopic (exact) mass is 290 g/mol. The van der Waals surface area contributed by atoms with Crippen molar-refractivity contribution < 1.29 is 18.0 Å². The lowest BCUT2D eigenvalue weighted by atomic mass is 10.1. The predicted octanol–water partition coefficient (Wildman–Crippen LogP) is 2.45. The van der Waals surface area contributed by atoms with Crippen LogP contribution in [0.5, 0.6) is 0 Å². The molecule has 1 aromatic rings. The number of hydrogen-bond acceptors (Lipinski definition) is 2. The maximum atomic E-state index is 12.4. The fourth-order valence-corrected chi connectivity index (χ4v) is 1.49. The Kier molecular flexibility index (Phi) is 4.88. The van der Waals surface area contributed by atoms with E-state index in [1.807, 2.05) is 0 Å². The molecule has 0 unspecified atom stereocenters. The Morgan fingerprint density at radius 3 is 2.26 bits per heavy atom. The number of thiocarbonyl (C=S) groups is 1. The van der Waals surface area contributed by atoms with E-state index in [0.29, 0.717) is 13.0 Å². The molecule has 0 spiro atoms. The highest BCUT2D eigenvalue weighted by molar-refractivity contribution is 7.80. The van der Waals surface area contributed by atoms with Gasteiger partial charge in [-0.15, -0.1) is 0 Å². The quantitative estimate of drug-likeness (QED) is 0.866. The van der Waals surface area contributed by atoms with Crippen molar-refractivity contribution in [1.82, 2.24) is 4.90 Å². The lowest BCUT2D eigenvalue weighted by molar-refractivity contribution is -0.137. The number of amides is 1. The molecule has 1 rings (SSSR count). The van der Waals surface area contributed by atoms with Crippen LogP contribution >= 0.6 is 12.2 Å². The fraction of sp³-hybridized carbons (Fsp3) is 0.333. The molecule has 2 N–H and O–H groups in total. The molecule has 0 atom stereocenters. The third kappa shape index (κ3) is 4.51. The van der Waals surface area contributed by atoms with Crippen LogP contribution in [0.1, 0.15) is 22.3 Å². The first kappa shape index (κ1) is 15.4. The number of carbonyl (C=O) groups excluding carboxylic acids is 1. The van der Waals surface area contributed by atoms with E-state index in [0.717, 1.165) is 24.3 Å². The van der Waals surface area contributed by atoms with E-state index in [2.05, 4.69) is 0 Å². The van der Waals surface area contributed by atoms with Gasteiger partial charge in [0, 0.05) is 25.6 Å². The average Bonchev–Trinajstić information content (AvgIpc) is 2.34. The van der Waals surface area contributed by atoms with Gasteiger partial charge in [0.05, 0.1) is 10.6 Å². The molecule has 0 aliphatic heterocycles. The Morgan fingerprint density at radius 2 is 1.84 bits per heavy atom. The molecular weight excluding hydrogens is 277 g/mol. The summed E-state index contributed by atoms with van der Waals surface area (Å²) in [4.78, 5) is 13.5. The van der Waals surface area contributed by atoms with E-state index in [1.165, 1.54) is 11.9 Å². The van der Waals surface area contributed by atoms with Crippen LogP contribution in [-0.2, 0) is 6.18 Å². The van der Waals surface area contributed by atoms with Crippen molar-refractivity contribution in [3.63, 3.8) is 0 Å². The van der Waals surface area contributed by atoms with Gasteiger partial charge in [0.2, 0.25) is 0 Å². The van der Waals surface area contributed by atoms with Gasteiger partial charge in [0.15, 0.2) is 0 Å². The Balaban J connectivity index is 2.75. The summed E-state index contributed by atoms with van der Waals surface area (Å²) in [5, 5.41) is 0. The third-order valence-corrected chi connectivity index (χ3v) is 2.70. The molecule has 0 radical (unpaired) electrons. The average molecular weight is 290 g/mol. The van der Waals surface area contributed by atoms with E-state index >= 15 is 0 Å². The summed E-state index contributed by atoms with van der Waals surface area (Å²) in [6.45, 7) is 0.329. The summed E-state index contributed by atoms with van der Waals surface area (Å²) in [6.07, 6.45) is -4.03. The normalized spacial score (nSPS) is 11.2. The van der Waals surface area contributed by atoms with Gasteiger partial charge >= 0.3 is 6.18 Å². The molecule has 3 nitrogen and oxygen atoms in total. The van der Waals surface area contributed by atoms with Gasteiger partial charge in [0.25, 0.3) is 5.91 Å². The minimum Gasteiger partial charge on any atom is -0.393 e. The van der Waals surface area contributed by atoms with Crippen LogP contribution < -0.4 is 5.73 Å². The van der Waals surface area contributed by atoms with Crippen molar-refractivity contribution >= 4 is 23.1 Å². The first-order valence-corrected chi connectivity index (χ1v) is 5.83. The number of nitrogens with zero attached hydrogens (tertiary/aromatic N) is 1. The minimum absolute atomic E-state index is 0.193. The SMILES string of the molecule is CN(CCC(N)=S)C(=O)c1ccc(C(F)(F)F)cc1. The van der Waals surface area contributed by atoms with Gasteiger partial charge in [-0.2, -0.15) is 13.2 Å². The molecule has 104 valence electrons.